The molecule has 3 aromatic rings. The number of aromatic nitrogens is 1. The standard InChI is InChI=1S/C18H16ClNO4/c1-10(18(21)22)12-5-8-15-14(9-12)20-17(24-15)16(23-2)11-3-6-13(19)7-4-11/h3-10,16H,1-2H3,(H,21,22). The number of aliphatic carboxylic acids is 1. The number of halogens is 1. The predicted octanol–water partition coefficient (Wildman–Crippen LogP) is 4.41. The fourth-order valence-corrected chi connectivity index (χ4v) is 2.63. The minimum Gasteiger partial charge on any atom is -0.481 e. The summed E-state index contributed by atoms with van der Waals surface area (Å²) in [7, 11) is 1.58. The van der Waals surface area contributed by atoms with E-state index < -0.39 is 18.0 Å². The van der Waals surface area contributed by atoms with Crippen LogP contribution in [-0.4, -0.2) is 23.2 Å². The number of rotatable bonds is 5. The van der Waals surface area contributed by atoms with Gasteiger partial charge in [0.05, 0.1) is 5.92 Å². The summed E-state index contributed by atoms with van der Waals surface area (Å²) in [5.74, 6) is -1.08. The zero-order chi connectivity index (χ0) is 17.3. The molecule has 24 heavy (non-hydrogen) atoms. The van der Waals surface area contributed by atoms with E-state index in [1.165, 1.54) is 0 Å². The Bertz CT molecular complexity index is 872. The fraction of sp³-hybridized carbons (Fsp3) is 0.222. The number of hydrogen-bond acceptors (Lipinski definition) is 4. The monoisotopic (exact) mass is 345 g/mol. The SMILES string of the molecule is COC(c1ccc(Cl)cc1)c1nc2cc(C(C)C(=O)O)ccc2o1. The normalized spacial score (nSPS) is 13.8. The highest BCUT2D eigenvalue weighted by atomic mass is 35.5. The Labute approximate surface area is 143 Å². The Hall–Kier alpha value is -2.37. The molecule has 124 valence electrons. The van der Waals surface area contributed by atoms with E-state index in [9.17, 15) is 4.79 Å². The van der Waals surface area contributed by atoms with Gasteiger partial charge in [-0.15, -0.1) is 0 Å². The molecule has 6 heteroatoms. The van der Waals surface area contributed by atoms with Crippen molar-refractivity contribution < 1.29 is 19.1 Å². The van der Waals surface area contributed by atoms with Crippen LogP contribution in [0.5, 0.6) is 0 Å². The first-order chi connectivity index (χ1) is 11.5. The second kappa shape index (κ2) is 6.63. The first kappa shape index (κ1) is 16.5. The first-order valence-corrected chi connectivity index (χ1v) is 7.79. The number of methoxy groups -OCH3 is 1. The molecule has 0 aliphatic heterocycles. The van der Waals surface area contributed by atoms with Gasteiger partial charge in [-0.25, -0.2) is 4.98 Å². The molecular formula is C18H16ClNO4. The Morgan fingerprint density at radius 3 is 2.50 bits per heavy atom. The molecule has 0 saturated carbocycles. The molecule has 0 aliphatic rings. The van der Waals surface area contributed by atoms with Crippen molar-refractivity contribution in [3.05, 3.63) is 64.5 Å². The second-order valence-electron chi connectivity index (χ2n) is 5.51. The number of carboxylic acid groups (broad SMARTS) is 1. The molecule has 0 bridgehead atoms. The maximum Gasteiger partial charge on any atom is 0.310 e. The predicted molar refractivity (Wildman–Crippen MR) is 90.4 cm³/mol. The summed E-state index contributed by atoms with van der Waals surface area (Å²) < 4.78 is 11.3. The number of nitrogens with zero attached hydrogens (tertiary/aromatic N) is 1. The minimum atomic E-state index is -0.881. The maximum absolute atomic E-state index is 11.1. The smallest absolute Gasteiger partial charge is 0.310 e. The van der Waals surface area contributed by atoms with Crippen LogP contribution in [0.4, 0.5) is 0 Å². The number of carbonyl (C=O) groups is 1. The van der Waals surface area contributed by atoms with Gasteiger partial charge in [0.25, 0.3) is 0 Å². The number of fused-ring (bicyclic) bond motifs is 1. The van der Waals surface area contributed by atoms with Crippen LogP contribution in [0.25, 0.3) is 11.1 Å². The Kier molecular flexibility index (Phi) is 4.55. The Morgan fingerprint density at radius 1 is 1.21 bits per heavy atom. The lowest BCUT2D eigenvalue weighted by atomic mass is 10.0. The van der Waals surface area contributed by atoms with Crippen molar-refractivity contribution >= 4 is 28.7 Å². The average Bonchev–Trinajstić information content (AvgIpc) is 2.99. The zero-order valence-electron chi connectivity index (χ0n) is 13.2. The van der Waals surface area contributed by atoms with Crippen molar-refractivity contribution in [1.82, 2.24) is 4.98 Å². The average molecular weight is 346 g/mol. The number of oxazole rings is 1. The molecule has 2 aromatic carbocycles. The molecule has 1 aromatic heterocycles. The Balaban J connectivity index is 1.99. The quantitative estimate of drug-likeness (QED) is 0.741. The molecule has 1 heterocycles. The molecule has 0 saturated heterocycles. The second-order valence-corrected chi connectivity index (χ2v) is 5.94. The van der Waals surface area contributed by atoms with E-state index in [4.69, 9.17) is 25.9 Å². The van der Waals surface area contributed by atoms with Gasteiger partial charge in [0, 0.05) is 12.1 Å². The third-order valence-electron chi connectivity index (χ3n) is 3.93. The van der Waals surface area contributed by atoms with E-state index in [0.717, 1.165) is 5.56 Å². The van der Waals surface area contributed by atoms with E-state index in [1.807, 2.05) is 12.1 Å². The van der Waals surface area contributed by atoms with Gasteiger partial charge in [0.15, 0.2) is 11.7 Å². The summed E-state index contributed by atoms with van der Waals surface area (Å²) >= 11 is 5.91. The zero-order valence-corrected chi connectivity index (χ0v) is 13.9. The van der Waals surface area contributed by atoms with Crippen LogP contribution in [0.3, 0.4) is 0 Å². The van der Waals surface area contributed by atoms with Crippen LogP contribution in [0.1, 0.15) is 36.0 Å². The fourth-order valence-electron chi connectivity index (χ4n) is 2.50. The van der Waals surface area contributed by atoms with Gasteiger partial charge >= 0.3 is 5.97 Å². The molecule has 5 nitrogen and oxygen atoms in total. The summed E-state index contributed by atoms with van der Waals surface area (Å²) in [5.41, 5.74) is 2.73. The lowest BCUT2D eigenvalue weighted by Gasteiger charge is -2.11. The van der Waals surface area contributed by atoms with E-state index in [2.05, 4.69) is 4.98 Å². The number of carboxylic acids is 1. The summed E-state index contributed by atoms with van der Waals surface area (Å²) in [6.07, 6.45) is -0.463. The van der Waals surface area contributed by atoms with Crippen LogP contribution in [0.2, 0.25) is 5.02 Å². The van der Waals surface area contributed by atoms with Crippen molar-refractivity contribution in [2.24, 2.45) is 0 Å². The van der Waals surface area contributed by atoms with Crippen LogP contribution in [0.15, 0.2) is 46.9 Å². The minimum absolute atomic E-state index is 0.412. The molecule has 2 atom stereocenters. The van der Waals surface area contributed by atoms with Crippen LogP contribution in [-0.2, 0) is 9.53 Å². The number of hydrogen-bond donors (Lipinski definition) is 1. The molecule has 0 fully saturated rings. The number of ether oxygens (including phenoxy) is 1. The molecular weight excluding hydrogens is 330 g/mol. The molecule has 1 N–H and O–H groups in total. The lowest BCUT2D eigenvalue weighted by molar-refractivity contribution is -0.138. The van der Waals surface area contributed by atoms with Gasteiger partial charge < -0.3 is 14.3 Å². The van der Waals surface area contributed by atoms with Gasteiger partial charge in [-0.2, -0.15) is 0 Å². The van der Waals surface area contributed by atoms with Gasteiger partial charge in [-0.1, -0.05) is 29.8 Å². The summed E-state index contributed by atoms with van der Waals surface area (Å²) in [6, 6.07) is 12.5. The van der Waals surface area contributed by atoms with Gasteiger partial charge in [-0.05, 0) is 42.3 Å². The molecule has 0 radical (unpaired) electrons. The lowest BCUT2D eigenvalue weighted by Crippen LogP contribution is -2.07. The third-order valence-corrected chi connectivity index (χ3v) is 4.18. The highest BCUT2D eigenvalue weighted by Crippen LogP contribution is 2.30. The van der Waals surface area contributed by atoms with Crippen molar-refractivity contribution in [3.63, 3.8) is 0 Å². The summed E-state index contributed by atoms with van der Waals surface area (Å²) in [5, 5.41) is 9.77. The van der Waals surface area contributed by atoms with Crippen LogP contribution < -0.4 is 0 Å². The largest absolute Gasteiger partial charge is 0.481 e. The third kappa shape index (κ3) is 3.13. The summed E-state index contributed by atoms with van der Waals surface area (Å²) in [4.78, 5) is 15.6. The van der Waals surface area contributed by atoms with E-state index >= 15 is 0 Å². The Morgan fingerprint density at radius 2 is 1.88 bits per heavy atom. The van der Waals surface area contributed by atoms with Gasteiger partial charge in [0.1, 0.15) is 5.52 Å². The van der Waals surface area contributed by atoms with Crippen molar-refractivity contribution in [1.29, 1.82) is 0 Å². The maximum atomic E-state index is 11.1. The topological polar surface area (TPSA) is 72.6 Å². The van der Waals surface area contributed by atoms with Gasteiger partial charge in [0.2, 0.25) is 5.89 Å². The first-order valence-electron chi connectivity index (χ1n) is 7.41. The van der Waals surface area contributed by atoms with Crippen molar-refractivity contribution in [2.45, 2.75) is 18.9 Å². The van der Waals surface area contributed by atoms with E-state index in [-0.39, 0.29) is 0 Å². The molecule has 2 unspecified atom stereocenters. The van der Waals surface area contributed by atoms with Crippen molar-refractivity contribution in [2.75, 3.05) is 7.11 Å². The van der Waals surface area contributed by atoms with Crippen LogP contribution >= 0.6 is 11.6 Å². The van der Waals surface area contributed by atoms with Gasteiger partial charge in [-0.3, -0.25) is 4.79 Å². The molecule has 0 aliphatic carbocycles. The van der Waals surface area contributed by atoms with Crippen LogP contribution in [0, 0.1) is 0 Å². The van der Waals surface area contributed by atoms with E-state index in [1.54, 1.807) is 44.4 Å². The molecule has 3 rings (SSSR count). The van der Waals surface area contributed by atoms with Crippen molar-refractivity contribution in [3.8, 4) is 0 Å². The highest BCUT2D eigenvalue weighted by Gasteiger charge is 2.21. The highest BCUT2D eigenvalue weighted by molar-refractivity contribution is 6.30. The number of benzene rings is 2. The van der Waals surface area contributed by atoms with E-state index in [0.29, 0.717) is 27.6 Å². The molecule has 0 amide bonds. The molecule has 0 spiro atoms. The summed E-state index contributed by atoms with van der Waals surface area (Å²) in [6.45, 7) is 1.64.